The Balaban J connectivity index is 1.91. The van der Waals surface area contributed by atoms with Gasteiger partial charge in [0.1, 0.15) is 17.1 Å². The lowest BCUT2D eigenvalue weighted by molar-refractivity contribution is 0.471. The molecule has 0 spiro atoms. The maximum atomic E-state index is 11.2. The number of phenolic OH excluding ortho intramolecular Hbond substituents is 1. The lowest BCUT2D eigenvalue weighted by Gasteiger charge is -2.24. The molecular weight excluding hydrogens is 358 g/mol. The Hall–Kier alpha value is -3.40. The minimum atomic E-state index is -0.254. The standard InChI is InChI=1S/C25H25N3O/c1-15-5-6-17(3)21(13-15)24(28-22-14-16(2)11-12-26-22)20-10-9-19-8-7-18(4)27-23(19)25(20)29/h5-14,24,29H,1-4H3,(H,26,28)/t24-/m1/s1. The summed E-state index contributed by atoms with van der Waals surface area (Å²) in [6.07, 6.45) is 1.79. The number of hydrogen-bond acceptors (Lipinski definition) is 4. The number of fused-ring (bicyclic) bond motifs is 1. The van der Waals surface area contributed by atoms with E-state index in [-0.39, 0.29) is 11.8 Å². The molecule has 29 heavy (non-hydrogen) atoms. The Morgan fingerprint density at radius 1 is 0.828 bits per heavy atom. The highest BCUT2D eigenvalue weighted by Crippen LogP contribution is 2.37. The SMILES string of the molecule is Cc1ccnc(N[C@@H](c2cc(C)ccc2C)c2ccc3ccc(C)nc3c2O)c1. The predicted octanol–water partition coefficient (Wildman–Crippen LogP) is 5.77. The third kappa shape index (κ3) is 3.79. The summed E-state index contributed by atoms with van der Waals surface area (Å²) in [5, 5.41) is 15.6. The van der Waals surface area contributed by atoms with Crippen LogP contribution in [0.5, 0.6) is 5.75 Å². The van der Waals surface area contributed by atoms with Gasteiger partial charge in [-0.2, -0.15) is 0 Å². The van der Waals surface area contributed by atoms with E-state index in [0.717, 1.165) is 39.2 Å². The van der Waals surface area contributed by atoms with Gasteiger partial charge in [0, 0.05) is 22.8 Å². The lowest BCUT2D eigenvalue weighted by Crippen LogP contribution is -2.15. The molecule has 0 aliphatic carbocycles. The maximum Gasteiger partial charge on any atom is 0.147 e. The summed E-state index contributed by atoms with van der Waals surface area (Å²) < 4.78 is 0. The van der Waals surface area contributed by atoms with Crippen LogP contribution in [0, 0.1) is 27.7 Å². The highest BCUT2D eigenvalue weighted by Gasteiger charge is 2.22. The second-order valence-electron chi connectivity index (χ2n) is 7.68. The Bertz CT molecular complexity index is 1200. The number of pyridine rings is 2. The Morgan fingerprint density at radius 2 is 1.59 bits per heavy atom. The quantitative estimate of drug-likeness (QED) is 0.470. The van der Waals surface area contributed by atoms with E-state index in [2.05, 4.69) is 47.3 Å². The van der Waals surface area contributed by atoms with Crippen LogP contribution in [0.1, 0.15) is 39.6 Å². The van der Waals surface area contributed by atoms with Gasteiger partial charge in [0.15, 0.2) is 0 Å². The highest BCUT2D eigenvalue weighted by molar-refractivity contribution is 5.86. The topological polar surface area (TPSA) is 58.0 Å². The summed E-state index contributed by atoms with van der Waals surface area (Å²) in [7, 11) is 0. The molecule has 0 bridgehead atoms. The smallest absolute Gasteiger partial charge is 0.147 e. The largest absolute Gasteiger partial charge is 0.505 e. The number of aromatic hydroxyl groups is 1. The van der Waals surface area contributed by atoms with Crippen LogP contribution in [0.15, 0.2) is 60.8 Å². The van der Waals surface area contributed by atoms with Crippen molar-refractivity contribution in [1.82, 2.24) is 9.97 Å². The van der Waals surface area contributed by atoms with E-state index in [0.29, 0.717) is 5.52 Å². The summed E-state index contributed by atoms with van der Waals surface area (Å²) >= 11 is 0. The molecule has 2 heterocycles. The van der Waals surface area contributed by atoms with Crippen LogP contribution in [0.3, 0.4) is 0 Å². The molecule has 146 valence electrons. The van der Waals surface area contributed by atoms with Crippen molar-refractivity contribution >= 4 is 16.7 Å². The number of anilines is 1. The van der Waals surface area contributed by atoms with Crippen LogP contribution in [-0.4, -0.2) is 15.1 Å². The fourth-order valence-corrected chi connectivity index (χ4v) is 3.68. The van der Waals surface area contributed by atoms with Crippen LogP contribution in [0.4, 0.5) is 5.82 Å². The van der Waals surface area contributed by atoms with Gasteiger partial charge in [-0.3, -0.25) is 0 Å². The number of aromatic nitrogens is 2. The van der Waals surface area contributed by atoms with Gasteiger partial charge in [0.05, 0.1) is 6.04 Å². The fraction of sp³-hybridized carbons (Fsp3) is 0.200. The Morgan fingerprint density at radius 3 is 2.38 bits per heavy atom. The van der Waals surface area contributed by atoms with Crippen LogP contribution in [-0.2, 0) is 0 Å². The van der Waals surface area contributed by atoms with Gasteiger partial charge in [0.2, 0.25) is 0 Å². The number of aryl methyl sites for hydroxylation is 4. The summed E-state index contributed by atoms with van der Waals surface area (Å²) in [5.74, 6) is 0.977. The first-order valence-electron chi connectivity index (χ1n) is 9.78. The maximum absolute atomic E-state index is 11.2. The van der Waals surface area contributed by atoms with Crippen LogP contribution >= 0.6 is 0 Å². The third-order valence-corrected chi connectivity index (χ3v) is 5.27. The number of benzene rings is 2. The van der Waals surface area contributed by atoms with Crippen LogP contribution < -0.4 is 5.32 Å². The van der Waals surface area contributed by atoms with E-state index in [9.17, 15) is 5.11 Å². The van der Waals surface area contributed by atoms with Crippen LogP contribution in [0.25, 0.3) is 10.9 Å². The molecule has 0 saturated carbocycles. The van der Waals surface area contributed by atoms with Crippen molar-refractivity contribution in [2.75, 3.05) is 5.32 Å². The molecule has 4 rings (SSSR count). The second kappa shape index (κ2) is 7.55. The first kappa shape index (κ1) is 18.9. The Kier molecular flexibility index (Phi) is 4.93. The van der Waals surface area contributed by atoms with E-state index in [1.807, 2.05) is 50.2 Å². The molecule has 2 aromatic carbocycles. The summed E-state index contributed by atoms with van der Waals surface area (Å²) in [5.41, 5.74) is 6.84. The molecule has 0 radical (unpaired) electrons. The van der Waals surface area contributed by atoms with Crippen molar-refractivity contribution in [3.8, 4) is 5.75 Å². The van der Waals surface area contributed by atoms with Gasteiger partial charge in [-0.1, -0.05) is 42.0 Å². The molecule has 2 aromatic heterocycles. The van der Waals surface area contributed by atoms with Crippen molar-refractivity contribution in [3.05, 3.63) is 94.3 Å². The van der Waals surface area contributed by atoms with Crippen LogP contribution in [0.2, 0.25) is 0 Å². The normalized spacial score (nSPS) is 12.1. The summed E-state index contributed by atoms with van der Waals surface area (Å²) in [6.45, 7) is 8.15. The van der Waals surface area contributed by atoms with Crippen molar-refractivity contribution < 1.29 is 5.11 Å². The molecule has 0 fully saturated rings. The molecule has 0 saturated heterocycles. The molecule has 0 aliphatic rings. The summed E-state index contributed by atoms with van der Waals surface area (Å²) in [4.78, 5) is 9.06. The van der Waals surface area contributed by atoms with E-state index < -0.39 is 0 Å². The van der Waals surface area contributed by atoms with E-state index >= 15 is 0 Å². The van der Waals surface area contributed by atoms with Gasteiger partial charge in [-0.25, -0.2) is 9.97 Å². The first-order chi connectivity index (χ1) is 13.9. The monoisotopic (exact) mass is 383 g/mol. The number of phenols is 1. The molecule has 0 aliphatic heterocycles. The molecular formula is C25H25N3O. The number of rotatable bonds is 4. The average molecular weight is 383 g/mol. The highest BCUT2D eigenvalue weighted by atomic mass is 16.3. The first-order valence-corrected chi connectivity index (χ1v) is 9.78. The molecule has 1 atom stereocenters. The molecule has 0 amide bonds. The minimum absolute atomic E-state index is 0.206. The molecule has 0 unspecified atom stereocenters. The third-order valence-electron chi connectivity index (χ3n) is 5.27. The fourth-order valence-electron chi connectivity index (χ4n) is 3.68. The van der Waals surface area contributed by atoms with E-state index in [1.54, 1.807) is 6.20 Å². The van der Waals surface area contributed by atoms with Gasteiger partial charge in [0.25, 0.3) is 0 Å². The predicted molar refractivity (Wildman–Crippen MR) is 119 cm³/mol. The zero-order chi connectivity index (χ0) is 20.5. The van der Waals surface area contributed by atoms with Crippen molar-refractivity contribution in [2.45, 2.75) is 33.7 Å². The van der Waals surface area contributed by atoms with Crippen molar-refractivity contribution in [2.24, 2.45) is 0 Å². The molecule has 4 aromatic rings. The van der Waals surface area contributed by atoms with Gasteiger partial charge >= 0.3 is 0 Å². The van der Waals surface area contributed by atoms with E-state index in [1.165, 1.54) is 5.56 Å². The second-order valence-corrected chi connectivity index (χ2v) is 7.68. The van der Waals surface area contributed by atoms with Gasteiger partial charge in [-0.05, 0) is 62.6 Å². The van der Waals surface area contributed by atoms with Gasteiger partial charge in [-0.15, -0.1) is 0 Å². The summed E-state index contributed by atoms with van der Waals surface area (Å²) in [6, 6.07) is 18.0. The molecule has 4 heteroatoms. The van der Waals surface area contributed by atoms with Crippen molar-refractivity contribution in [3.63, 3.8) is 0 Å². The number of nitrogens with one attached hydrogen (secondary N) is 1. The minimum Gasteiger partial charge on any atom is -0.505 e. The zero-order valence-electron chi connectivity index (χ0n) is 17.2. The van der Waals surface area contributed by atoms with Gasteiger partial charge < -0.3 is 10.4 Å². The molecule has 2 N–H and O–H groups in total. The van der Waals surface area contributed by atoms with Crippen molar-refractivity contribution in [1.29, 1.82) is 0 Å². The average Bonchev–Trinajstić information content (AvgIpc) is 2.69. The lowest BCUT2D eigenvalue weighted by atomic mass is 9.92. The van der Waals surface area contributed by atoms with E-state index in [4.69, 9.17) is 0 Å². The Labute approximate surface area is 171 Å². The number of nitrogens with zero attached hydrogens (tertiary/aromatic N) is 2. The number of hydrogen-bond donors (Lipinski definition) is 2. The molecule has 4 nitrogen and oxygen atoms in total. The zero-order valence-corrected chi connectivity index (χ0v) is 17.2.